The van der Waals surface area contributed by atoms with Crippen molar-refractivity contribution in [3.63, 3.8) is 0 Å². The number of nitrogens with one attached hydrogen (secondary N) is 1. The second-order valence-corrected chi connectivity index (χ2v) is 4.68. The number of carbonyl (C=O) groups is 1. The minimum atomic E-state index is -0.958. The van der Waals surface area contributed by atoms with E-state index >= 15 is 0 Å². The molecule has 0 aliphatic carbocycles. The van der Waals surface area contributed by atoms with Gasteiger partial charge in [0.05, 0.1) is 0 Å². The van der Waals surface area contributed by atoms with Crippen LogP contribution in [0.4, 0.5) is 8.78 Å². The van der Waals surface area contributed by atoms with E-state index in [1.54, 1.807) is 0 Å². The van der Waals surface area contributed by atoms with Crippen molar-refractivity contribution in [2.24, 2.45) is 5.92 Å². The summed E-state index contributed by atoms with van der Waals surface area (Å²) in [5.74, 6) is -2.06. The molecule has 1 aromatic rings. The fraction of sp³-hybridized carbons (Fsp3) is 0.462. The van der Waals surface area contributed by atoms with Gasteiger partial charge in [0.2, 0.25) is 0 Å². The van der Waals surface area contributed by atoms with E-state index in [1.165, 1.54) is 12.1 Å². The highest BCUT2D eigenvalue weighted by Gasteiger charge is 2.18. The van der Waals surface area contributed by atoms with E-state index in [-0.39, 0.29) is 12.5 Å². The Bertz CT molecular complexity index is 401. The third kappa shape index (κ3) is 4.79. The van der Waals surface area contributed by atoms with Gasteiger partial charge in [0.1, 0.15) is 17.7 Å². The van der Waals surface area contributed by atoms with Gasteiger partial charge in [-0.1, -0.05) is 13.8 Å². The number of hydrogen-bond acceptors (Lipinski definition) is 2. The van der Waals surface area contributed by atoms with Gasteiger partial charge in [-0.25, -0.2) is 8.78 Å². The minimum Gasteiger partial charge on any atom is -0.480 e. The largest absolute Gasteiger partial charge is 0.480 e. The van der Waals surface area contributed by atoms with Crippen molar-refractivity contribution in [3.8, 4) is 0 Å². The monoisotopic (exact) mass is 257 g/mol. The highest BCUT2D eigenvalue weighted by atomic mass is 19.1. The molecule has 1 atom stereocenters. The Morgan fingerprint density at radius 1 is 1.28 bits per heavy atom. The Morgan fingerprint density at radius 3 is 2.28 bits per heavy atom. The standard InChI is InChI=1S/C13H17F2NO2/c1-8(2)3-12(13(17)18)16-7-9-4-10(14)6-11(15)5-9/h4-6,8,12,16H,3,7H2,1-2H3,(H,17,18). The lowest BCUT2D eigenvalue weighted by atomic mass is 10.0. The van der Waals surface area contributed by atoms with Crippen molar-refractivity contribution in [1.82, 2.24) is 5.32 Å². The number of hydrogen-bond donors (Lipinski definition) is 2. The van der Waals surface area contributed by atoms with E-state index in [0.29, 0.717) is 12.0 Å². The number of carboxylic acid groups (broad SMARTS) is 1. The minimum absolute atomic E-state index is 0.123. The van der Waals surface area contributed by atoms with Crippen molar-refractivity contribution < 1.29 is 18.7 Å². The van der Waals surface area contributed by atoms with Gasteiger partial charge in [0.15, 0.2) is 0 Å². The molecule has 3 nitrogen and oxygen atoms in total. The van der Waals surface area contributed by atoms with Gasteiger partial charge in [0.25, 0.3) is 0 Å². The molecule has 0 saturated carbocycles. The second-order valence-electron chi connectivity index (χ2n) is 4.68. The lowest BCUT2D eigenvalue weighted by Gasteiger charge is -2.16. The molecule has 0 amide bonds. The maximum atomic E-state index is 12.9. The van der Waals surface area contributed by atoms with Crippen LogP contribution in [0.5, 0.6) is 0 Å². The van der Waals surface area contributed by atoms with Crippen molar-refractivity contribution in [3.05, 3.63) is 35.4 Å². The first kappa shape index (κ1) is 14.6. The van der Waals surface area contributed by atoms with Crippen LogP contribution in [0, 0.1) is 17.6 Å². The smallest absolute Gasteiger partial charge is 0.320 e. The van der Waals surface area contributed by atoms with E-state index in [0.717, 1.165) is 6.07 Å². The Kier molecular flexibility index (Phi) is 5.22. The van der Waals surface area contributed by atoms with Gasteiger partial charge in [-0.05, 0) is 30.0 Å². The summed E-state index contributed by atoms with van der Waals surface area (Å²) in [6.07, 6.45) is 0.465. The summed E-state index contributed by atoms with van der Waals surface area (Å²) in [5.41, 5.74) is 0.391. The van der Waals surface area contributed by atoms with Crippen LogP contribution in [0.15, 0.2) is 18.2 Å². The summed E-state index contributed by atoms with van der Waals surface area (Å²) in [6, 6.07) is 2.44. The molecule has 1 aromatic carbocycles. The van der Waals surface area contributed by atoms with Crippen molar-refractivity contribution in [1.29, 1.82) is 0 Å². The van der Waals surface area contributed by atoms with E-state index in [2.05, 4.69) is 5.32 Å². The summed E-state index contributed by atoms with van der Waals surface area (Å²) in [4.78, 5) is 11.0. The Labute approximate surface area is 105 Å². The van der Waals surface area contributed by atoms with Crippen LogP contribution < -0.4 is 5.32 Å². The first-order valence-corrected chi connectivity index (χ1v) is 5.79. The Hall–Kier alpha value is -1.49. The molecular weight excluding hydrogens is 240 g/mol. The molecule has 0 aliphatic rings. The number of benzene rings is 1. The average molecular weight is 257 g/mol. The van der Waals surface area contributed by atoms with Gasteiger partial charge in [0, 0.05) is 12.6 Å². The van der Waals surface area contributed by atoms with Gasteiger partial charge in [-0.3, -0.25) is 4.79 Å². The summed E-state index contributed by atoms with van der Waals surface area (Å²) < 4.78 is 25.9. The Balaban J connectivity index is 2.63. The maximum Gasteiger partial charge on any atom is 0.320 e. The predicted octanol–water partition coefficient (Wildman–Crippen LogP) is 2.55. The second kappa shape index (κ2) is 6.44. The predicted molar refractivity (Wildman–Crippen MR) is 64.1 cm³/mol. The average Bonchev–Trinajstić information content (AvgIpc) is 2.21. The van der Waals surface area contributed by atoms with Gasteiger partial charge >= 0.3 is 5.97 Å². The van der Waals surface area contributed by atoms with Crippen LogP contribution in [0.3, 0.4) is 0 Å². The SMILES string of the molecule is CC(C)CC(NCc1cc(F)cc(F)c1)C(=O)O. The molecular formula is C13H17F2NO2. The van der Waals surface area contributed by atoms with Crippen LogP contribution >= 0.6 is 0 Å². The number of rotatable bonds is 6. The van der Waals surface area contributed by atoms with Crippen LogP contribution in [-0.4, -0.2) is 17.1 Å². The lowest BCUT2D eigenvalue weighted by molar-refractivity contribution is -0.140. The van der Waals surface area contributed by atoms with Gasteiger partial charge in [-0.15, -0.1) is 0 Å². The molecule has 0 radical (unpaired) electrons. The van der Waals surface area contributed by atoms with Crippen LogP contribution in [0.2, 0.25) is 0 Å². The van der Waals surface area contributed by atoms with E-state index in [9.17, 15) is 13.6 Å². The van der Waals surface area contributed by atoms with Crippen LogP contribution in [0.1, 0.15) is 25.8 Å². The molecule has 1 rings (SSSR count). The number of carboxylic acids is 1. The molecule has 5 heteroatoms. The van der Waals surface area contributed by atoms with Gasteiger partial charge < -0.3 is 10.4 Å². The van der Waals surface area contributed by atoms with Crippen molar-refractivity contribution >= 4 is 5.97 Å². The molecule has 0 saturated heterocycles. The molecule has 2 N–H and O–H groups in total. The maximum absolute atomic E-state index is 12.9. The zero-order valence-electron chi connectivity index (χ0n) is 10.4. The van der Waals surface area contributed by atoms with Gasteiger partial charge in [-0.2, -0.15) is 0 Å². The molecule has 1 unspecified atom stereocenters. The fourth-order valence-electron chi connectivity index (χ4n) is 1.70. The van der Waals surface area contributed by atoms with Crippen molar-refractivity contribution in [2.75, 3.05) is 0 Å². The molecule has 100 valence electrons. The third-order valence-electron chi connectivity index (χ3n) is 2.48. The quantitative estimate of drug-likeness (QED) is 0.823. The molecule has 0 aliphatic heterocycles. The molecule has 0 bridgehead atoms. The summed E-state index contributed by atoms with van der Waals surface area (Å²) in [6.45, 7) is 3.96. The normalized spacial score (nSPS) is 12.7. The van der Waals surface area contributed by atoms with E-state index in [1.807, 2.05) is 13.8 Å². The first-order valence-electron chi connectivity index (χ1n) is 5.79. The highest BCUT2D eigenvalue weighted by molar-refractivity contribution is 5.73. The summed E-state index contributed by atoms with van der Waals surface area (Å²) >= 11 is 0. The molecule has 0 fully saturated rings. The van der Waals surface area contributed by atoms with Crippen LogP contribution in [0.25, 0.3) is 0 Å². The molecule has 18 heavy (non-hydrogen) atoms. The highest BCUT2D eigenvalue weighted by Crippen LogP contribution is 2.10. The number of halogens is 2. The van der Waals surface area contributed by atoms with Crippen molar-refractivity contribution in [2.45, 2.75) is 32.9 Å². The first-order chi connectivity index (χ1) is 8.38. The van der Waals surface area contributed by atoms with E-state index in [4.69, 9.17) is 5.11 Å². The number of aliphatic carboxylic acids is 1. The molecule has 0 spiro atoms. The lowest BCUT2D eigenvalue weighted by Crippen LogP contribution is -2.37. The summed E-state index contributed by atoms with van der Waals surface area (Å²) in [5, 5.41) is 11.8. The van der Waals surface area contributed by atoms with Crippen LogP contribution in [-0.2, 0) is 11.3 Å². The zero-order chi connectivity index (χ0) is 13.7. The Morgan fingerprint density at radius 2 is 1.83 bits per heavy atom. The van der Waals surface area contributed by atoms with E-state index < -0.39 is 23.6 Å². The molecule has 0 heterocycles. The summed E-state index contributed by atoms with van der Waals surface area (Å²) in [7, 11) is 0. The topological polar surface area (TPSA) is 49.3 Å². The fourth-order valence-corrected chi connectivity index (χ4v) is 1.70. The molecule has 0 aromatic heterocycles. The zero-order valence-corrected chi connectivity index (χ0v) is 10.4. The third-order valence-corrected chi connectivity index (χ3v) is 2.48.